The largest absolute Gasteiger partial charge is 0.358 e. The smallest absolute Gasteiger partial charge is 0.265 e. The minimum atomic E-state index is -4.13. The van der Waals surface area contributed by atoms with Gasteiger partial charge >= 0.3 is 0 Å². The molecule has 0 spiro atoms. The second-order valence-electron chi connectivity index (χ2n) is 6.52. The van der Waals surface area contributed by atoms with E-state index in [4.69, 9.17) is 0 Å². The van der Waals surface area contributed by atoms with Gasteiger partial charge in [0.2, 0.25) is 0 Å². The highest BCUT2D eigenvalue weighted by molar-refractivity contribution is 7.91. The Hall–Kier alpha value is -2.65. The van der Waals surface area contributed by atoms with E-state index in [9.17, 15) is 21.6 Å². The number of carbonyl (C=O) groups excluding carboxylic acids is 1. The zero-order valence-electron chi connectivity index (χ0n) is 15.6. The van der Waals surface area contributed by atoms with Crippen molar-refractivity contribution in [1.29, 1.82) is 0 Å². The molecule has 0 aliphatic heterocycles. The number of rotatable bonds is 5. The first-order valence-electron chi connectivity index (χ1n) is 8.51. The Morgan fingerprint density at radius 2 is 1.61 bits per heavy atom. The van der Waals surface area contributed by atoms with Crippen LogP contribution in [0.3, 0.4) is 0 Å². The second kappa shape index (κ2) is 7.06. The molecule has 0 saturated heterocycles. The minimum absolute atomic E-state index is 0.00195. The lowest BCUT2D eigenvalue weighted by Gasteiger charge is -2.08. The standard InChI is InChI=1S/C19H20N2O5S2/c1-4-17-12(2)16-11-13(5-10-18(16)20-17)19(22)21-28(25,26)15-8-6-14(7-9-15)27(3,23)24/h5-11,20H,4H2,1-3H3,(H,21,22). The predicted octanol–water partition coefficient (Wildman–Crippen LogP) is 2.56. The van der Waals surface area contributed by atoms with Crippen molar-refractivity contribution in [3.05, 3.63) is 59.3 Å². The van der Waals surface area contributed by atoms with Crippen LogP contribution in [-0.4, -0.2) is 34.0 Å². The third-order valence-corrected chi connectivity index (χ3v) is 7.04. The first kappa shape index (κ1) is 20.1. The Bertz CT molecular complexity index is 1270. The molecule has 0 fully saturated rings. The molecule has 2 aromatic carbocycles. The zero-order valence-corrected chi connectivity index (χ0v) is 17.2. The Morgan fingerprint density at radius 1 is 1.00 bits per heavy atom. The first-order chi connectivity index (χ1) is 13.0. The molecule has 1 aromatic heterocycles. The lowest BCUT2D eigenvalue weighted by Crippen LogP contribution is -2.30. The summed E-state index contributed by atoms with van der Waals surface area (Å²) in [5.41, 5.74) is 3.18. The van der Waals surface area contributed by atoms with Crippen LogP contribution in [0.4, 0.5) is 0 Å². The van der Waals surface area contributed by atoms with E-state index in [1.165, 1.54) is 12.1 Å². The molecule has 7 nitrogen and oxygen atoms in total. The van der Waals surface area contributed by atoms with Crippen molar-refractivity contribution in [2.24, 2.45) is 0 Å². The number of sulfone groups is 1. The van der Waals surface area contributed by atoms with Gasteiger partial charge in [0, 0.05) is 28.4 Å². The van der Waals surface area contributed by atoms with Gasteiger partial charge in [0.05, 0.1) is 9.79 Å². The maximum Gasteiger partial charge on any atom is 0.265 e. The number of hydrogen-bond donors (Lipinski definition) is 2. The number of amides is 1. The summed E-state index contributed by atoms with van der Waals surface area (Å²) >= 11 is 0. The van der Waals surface area contributed by atoms with Crippen molar-refractivity contribution in [1.82, 2.24) is 9.71 Å². The van der Waals surface area contributed by atoms with E-state index in [0.29, 0.717) is 0 Å². The third-order valence-electron chi connectivity index (χ3n) is 4.57. The lowest BCUT2D eigenvalue weighted by molar-refractivity contribution is 0.0981. The normalized spacial score (nSPS) is 12.2. The number of sulfonamides is 1. The zero-order chi connectivity index (χ0) is 20.7. The monoisotopic (exact) mass is 420 g/mol. The number of carbonyl (C=O) groups is 1. The van der Waals surface area contributed by atoms with E-state index in [1.807, 2.05) is 18.6 Å². The van der Waals surface area contributed by atoms with Crippen LogP contribution in [0.5, 0.6) is 0 Å². The summed E-state index contributed by atoms with van der Waals surface area (Å²) in [5, 5.41) is 0.861. The molecule has 2 N–H and O–H groups in total. The predicted molar refractivity (Wildman–Crippen MR) is 107 cm³/mol. The first-order valence-corrected chi connectivity index (χ1v) is 11.9. The van der Waals surface area contributed by atoms with Crippen molar-refractivity contribution >= 4 is 36.7 Å². The number of nitrogens with one attached hydrogen (secondary N) is 2. The summed E-state index contributed by atoms with van der Waals surface area (Å²) in [4.78, 5) is 15.6. The fourth-order valence-electron chi connectivity index (χ4n) is 2.98. The molecule has 28 heavy (non-hydrogen) atoms. The van der Waals surface area contributed by atoms with Gasteiger partial charge in [-0.2, -0.15) is 0 Å². The van der Waals surface area contributed by atoms with Gasteiger partial charge in [-0.25, -0.2) is 21.6 Å². The third kappa shape index (κ3) is 3.81. The second-order valence-corrected chi connectivity index (χ2v) is 10.2. The highest BCUT2D eigenvalue weighted by Crippen LogP contribution is 2.23. The van der Waals surface area contributed by atoms with Crippen molar-refractivity contribution in [3.8, 4) is 0 Å². The van der Waals surface area contributed by atoms with E-state index in [0.717, 1.165) is 47.0 Å². The van der Waals surface area contributed by atoms with Gasteiger partial charge in [-0.05, 0) is 61.4 Å². The summed E-state index contributed by atoms with van der Waals surface area (Å²) < 4.78 is 50.0. The molecular weight excluding hydrogens is 400 g/mol. The molecule has 148 valence electrons. The van der Waals surface area contributed by atoms with Crippen molar-refractivity contribution in [2.75, 3.05) is 6.26 Å². The summed E-state index contributed by atoms with van der Waals surface area (Å²) in [7, 11) is -7.58. The van der Waals surface area contributed by atoms with Crippen LogP contribution in [0.2, 0.25) is 0 Å². The van der Waals surface area contributed by atoms with Crippen molar-refractivity contribution in [2.45, 2.75) is 30.1 Å². The summed E-state index contributed by atoms with van der Waals surface area (Å²) in [6, 6.07) is 9.63. The number of hydrogen-bond acceptors (Lipinski definition) is 5. The fraction of sp³-hybridized carbons (Fsp3) is 0.211. The molecule has 0 radical (unpaired) electrons. The van der Waals surface area contributed by atoms with Crippen molar-refractivity contribution in [3.63, 3.8) is 0 Å². The molecule has 0 atom stereocenters. The number of fused-ring (bicyclic) bond motifs is 1. The summed E-state index contributed by atoms with van der Waals surface area (Å²) in [6.07, 6.45) is 1.85. The van der Waals surface area contributed by atoms with Gasteiger partial charge in [-0.3, -0.25) is 4.79 Å². The molecule has 0 aliphatic carbocycles. The van der Waals surface area contributed by atoms with Crippen LogP contribution in [0, 0.1) is 6.92 Å². The Morgan fingerprint density at radius 3 is 2.18 bits per heavy atom. The van der Waals surface area contributed by atoms with Gasteiger partial charge < -0.3 is 4.98 Å². The van der Waals surface area contributed by atoms with Crippen LogP contribution in [0.15, 0.2) is 52.3 Å². The molecule has 0 unspecified atom stereocenters. The van der Waals surface area contributed by atoms with Crippen LogP contribution < -0.4 is 4.72 Å². The number of aromatic nitrogens is 1. The average molecular weight is 421 g/mol. The van der Waals surface area contributed by atoms with E-state index in [2.05, 4.69) is 4.98 Å². The Balaban J connectivity index is 1.89. The van der Waals surface area contributed by atoms with E-state index < -0.39 is 25.8 Å². The summed E-state index contributed by atoms with van der Waals surface area (Å²) in [5.74, 6) is -0.757. The van der Waals surface area contributed by atoms with E-state index >= 15 is 0 Å². The van der Waals surface area contributed by atoms with E-state index in [1.54, 1.807) is 18.2 Å². The molecule has 3 aromatic rings. The van der Waals surface area contributed by atoms with Crippen molar-refractivity contribution < 1.29 is 21.6 Å². The van der Waals surface area contributed by atoms with Gasteiger partial charge in [-0.1, -0.05) is 6.92 Å². The maximum atomic E-state index is 12.5. The number of H-pyrrole nitrogens is 1. The Labute approximate surface area is 163 Å². The molecule has 3 rings (SSSR count). The molecule has 0 bridgehead atoms. The van der Waals surface area contributed by atoms with Gasteiger partial charge in [0.1, 0.15) is 0 Å². The lowest BCUT2D eigenvalue weighted by atomic mass is 10.1. The van der Waals surface area contributed by atoms with Crippen LogP contribution >= 0.6 is 0 Å². The topological polar surface area (TPSA) is 113 Å². The molecule has 1 amide bonds. The average Bonchev–Trinajstić information content (AvgIpc) is 2.96. The number of aryl methyl sites for hydroxylation is 2. The number of benzene rings is 2. The molecule has 0 saturated carbocycles. The summed E-state index contributed by atoms with van der Waals surface area (Å²) in [6.45, 7) is 3.96. The highest BCUT2D eigenvalue weighted by Gasteiger charge is 2.20. The molecular formula is C19H20N2O5S2. The highest BCUT2D eigenvalue weighted by atomic mass is 32.2. The molecule has 0 aliphatic rings. The molecule has 9 heteroatoms. The Kier molecular flexibility index (Phi) is 5.07. The number of aromatic amines is 1. The van der Waals surface area contributed by atoms with Gasteiger partial charge in [0.15, 0.2) is 9.84 Å². The van der Waals surface area contributed by atoms with Crippen LogP contribution in [0.1, 0.15) is 28.5 Å². The quantitative estimate of drug-likeness (QED) is 0.659. The fourth-order valence-corrected chi connectivity index (χ4v) is 4.59. The van der Waals surface area contributed by atoms with Gasteiger partial charge in [-0.15, -0.1) is 0 Å². The van der Waals surface area contributed by atoms with Gasteiger partial charge in [0.25, 0.3) is 15.9 Å². The van der Waals surface area contributed by atoms with Crippen LogP contribution in [-0.2, 0) is 26.3 Å². The minimum Gasteiger partial charge on any atom is -0.358 e. The molecule has 1 heterocycles. The van der Waals surface area contributed by atoms with Crippen LogP contribution in [0.25, 0.3) is 10.9 Å². The SMILES string of the molecule is CCc1[nH]c2ccc(C(=O)NS(=O)(=O)c3ccc(S(C)(=O)=O)cc3)cc2c1C. The maximum absolute atomic E-state index is 12.5. The van der Waals surface area contributed by atoms with E-state index in [-0.39, 0.29) is 15.4 Å².